The smallest absolute Gasteiger partial charge is 0.257 e. The van der Waals surface area contributed by atoms with Gasteiger partial charge in [0, 0.05) is 26.2 Å². The van der Waals surface area contributed by atoms with Crippen LogP contribution in [-0.2, 0) is 4.79 Å². The number of amides is 2. The van der Waals surface area contributed by atoms with E-state index in [0.717, 1.165) is 32.2 Å². The van der Waals surface area contributed by atoms with E-state index in [2.05, 4.69) is 0 Å². The fourth-order valence-electron chi connectivity index (χ4n) is 3.86. The predicted molar refractivity (Wildman–Crippen MR) is 87.4 cm³/mol. The van der Waals surface area contributed by atoms with Crippen LogP contribution in [0.4, 0.5) is 8.78 Å². The Bertz CT molecular complexity index is 710. The molecule has 3 rings (SSSR count). The first-order valence-electron chi connectivity index (χ1n) is 8.54. The van der Waals surface area contributed by atoms with Crippen LogP contribution in [0.3, 0.4) is 0 Å². The van der Waals surface area contributed by atoms with Gasteiger partial charge in [0.25, 0.3) is 5.91 Å². The molecule has 2 fully saturated rings. The number of hydrogen-bond acceptors (Lipinski definition) is 3. The molecule has 5 nitrogen and oxygen atoms in total. The van der Waals surface area contributed by atoms with Gasteiger partial charge in [-0.2, -0.15) is 0 Å². The van der Waals surface area contributed by atoms with Crippen LogP contribution in [0.15, 0.2) is 12.1 Å². The van der Waals surface area contributed by atoms with Crippen LogP contribution in [0.5, 0.6) is 5.75 Å². The van der Waals surface area contributed by atoms with Gasteiger partial charge in [-0.05, 0) is 31.4 Å². The molecular weight excluding hydrogens is 330 g/mol. The molecule has 0 aromatic heterocycles. The highest BCUT2D eigenvalue weighted by molar-refractivity contribution is 5.96. The fourth-order valence-corrected chi connectivity index (χ4v) is 3.86. The Morgan fingerprint density at radius 1 is 1.28 bits per heavy atom. The minimum atomic E-state index is -1.00. The van der Waals surface area contributed by atoms with Crippen LogP contribution in [0.2, 0.25) is 0 Å². The lowest BCUT2D eigenvalue weighted by Crippen LogP contribution is -2.38. The van der Waals surface area contributed by atoms with E-state index in [1.165, 1.54) is 4.90 Å². The van der Waals surface area contributed by atoms with Gasteiger partial charge < -0.3 is 14.5 Å². The van der Waals surface area contributed by atoms with Crippen LogP contribution in [0.1, 0.15) is 36.5 Å². The quantitative estimate of drug-likeness (QED) is 0.836. The molecule has 0 aliphatic carbocycles. The van der Waals surface area contributed by atoms with Crippen molar-refractivity contribution in [1.82, 2.24) is 9.80 Å². The molecule has 1 atom stereocenters. The predicted octanol–water partition coefficient (Wildman–Crippen LogP) is 2.45. The van der Waals surface area contributed by atoms with Gasteiger partial charge in [0.15, 0.2) is 17.4 Å². The molecule has 0 radical (unpaired) electrons. The third-order valence-corrected chi connectivity index (χ3v) is 5.22. The third kappa shape index (κ3) is 2.85. The Balaban J connectivity index is 1.79. The number of benzene rings is 1. The molecule has 1 unspecified atom stereocenters. The number of carbonyl (C=O) groups is 2. The van der Waals surface area contributed by atoms with E-state index in [0.29, 0.717) is 25.9 Å². The maximum atomic E-state index is 14.4. The van der Waals surface area contributed by atoms with Crippen molar-refractivity contribution in [1.29, 1.82) is 0 Å². The summed E-state index contributed by atoms with van der Waals surface area (Å²) in [6.07, 6.45) is 2.19. The van der Waals surface area contributed by atoms with E-state index in [1.807, 2.05) is 11.8 Å². The number of nitrogens with zero attached hydrogens (tertiary/aromatic N) is 2. The van der Waals surface area contributed by atoms with Gasteiger partial charge in [0.2, 0.25) is 5.91 Å². The summed E-state index contributed by atoms with van der Waals surface area (Å²) in [6.45, 7) is 4.12. The molecule has 2 amide bonds. The molecular formula is C18H22F2N2O3. The second kappa shape index (κ2) is 6.61. The number of ether oxygens (including phenoxy) is 1. The molecule has 1 aromatic rings. The van der Waals surface area contributed by atoms with E-state index >= 15 is 0 Å². The van der Waals surface area contributed by atoms with Crippen molar-refractivity contribution >= 4 is 11.8 Å². The topological polar surface area (TPSA) is 49.9 Å². The van der Waals surface area contributed by atoms with Gasteiger partial charge in [0.1, 0.15) is 0 Å². The normalized spacial score (nSPS) is 23.0. The van der Waals surface area contributed by atoms with Gasteiger partial charge in [-0.3, -0.25) is 9.59 Å². The standard InChI is InChI=1S/C18H22F2N2O3/c1-3-8-21-9-6-18(17(21)24)7-10-22(11-18)16(23)12-4-5-13(19)15(25-2)14(12)20/h4-5H,3,6-11H2,1-2H3. The molecule has 2 aliphatic rings. The average molecular weight is 352 g/mol. The highest BCUT2D eigenvalue weighted by Gasteiger charge is 2.51. The van der Waals surface area contributed by atoms with Gasteiger partial charge in [-0.25, -0.2) is 8.78 Å². The van der Waals surface area contributed by atoms with Crippen molar-refractivity contribution in [3.05, 3.63) is 29.3 Å². The molecule has 7 heteroatoms. The summed E-state index contributed by atoms with van der Waals surface area (Å²) < 4.78 is 32.6. The van der Waals surface area contributed by atoms with Gasteiger partial charge in [-0.1, -0.05) is 6.92 Å². The lowest BCUT2D eigenvalue weighted by Gasteiger charge is -2.23. The van der Waals surface area contributed by atoms with E-state index < -0.39 is 28.7 Å². The maximum absolute atomic E-state index is 14.4. The molecule has 2 saturated heterocycles. The molecule has 136 valence electrons. The lowest BCUT2D eigenvalue weighted by molar-refractivity contribution is -0.135. The summed E-state index contributed by atoms with van der Waals surface area (Å²) in [5.41, 5.74) is -0.781. The van der Waals surface area contributed by atoms with Crippen molar-refractivity contribution in [2.75, 3.05) is 33.3 Å². The number of likely N-dealkylation sites (tertiary alicyclic amines) is 2. The van der Waals surface area contributed by atoms with E-state index in [-0.39, 0.29) is 18.0 Å². The highest BCUT2D eigenvalue weighted by Crippen LogP contribution is 2.41. The first-order valence-corrected chi connectivity index (χ1v) is 8.54. The minimum absolute atomic E-state index is 0.0850. The summed E-state index contributed by atoms with van der Waals surface area (Å²) in [5.74, 6) is -2.86. The van der Waals surface area contributed by atoms with Gasteiger partial charge in [-0.15, -0.1) is 0 Å². The third-order valence-electron chi connectivity index (χ3n) is 5.22. The second-order valence-corrected chi connectivity index (χ2v) is 6.74. The Kier molecular flexibility index (Phi) is 4.67. The van der Waals surface area contributed by atoms with Gasteiger partial charge in [0.05, 0.1) is 18.1 Å². The van der Waals surface area contributed by atoms with Gasteiger partial charge >= 0.3 is 0 Å². The molecule has 2 aliphatic heterocycles. The van der Waals surface area contributed by atoms with Crippen LogP contribution in [0, 0.1) is 17.0 Å². The monoisotopic (exact) mass is 352 g/mol. The SMILES string of the molecule is CCCN1CCC2(CCN(C(=O)c3ccc(F)c(OC)c3F)C2)C1=O. The highest BCUT2D eigenvalue weighted by atomic mass is 19.1. The first-order chi connectivity index (χ1) is 11.9. The fraction of sp³-hybridized carbons (Fsp3) is 0.556. The number of halogens is 2. The molecule has 25 heavy (non-hydrogen) atoms. The maximum Gasteiger partial charge on any atom is 0.257 e. The van der Waals surface area contributed by atoms with Crippen molar-refractivity contribution in [2.45, 2.75) is 26.2 Å². The number of hydrogen-bond donors (Lipinski definition) is 0. The largest absolute Gasteiger partial charge is 0.491 e. The zero-order valence-corrected chi connectivity index (χ0v) is 14.5. The molecule has 0 saturated carbocycles. The number of carbonyl (C=O) groups excluding carboxylic acids is 2. The second-order valence-electron chi connectivity index (χ2n) is 6.74. The van der Waals surface area contributed by atoms with Crippen LogP contribution >= 0.6 is 0 Å². The summed E-state index contributed by atoms with van der Waals surface area (Å²) in [4.78, 5) is 28.7. The minimum Gasteiger partial charge on any atom is -0.491 e. The molecule has 1 aromatic carbocycles. The molecule has 0 bridgehead atoms. The Hall–Kier alpha value is -2.18. The van der Waals surface area contributed by atoms with E-state index in [4.69, 9.17) is 4.74 Å². The molecule has 1 spiro atoms. The Morgan fingerprint density at radius 3 is 2.68 bits per heavy atom. The van der Waals surface area contributed by atoms with Crippen LogP contribution < -0.4 is 4.74 Å². The van der Waals surface area contributed by atoms with Crippen LogP contribution in [-0.4, -0.2) is 54.9 Å². The average Bonchev–Trinajstić information content (AvgIpc) is 3.15. The van der Waals surface area contributed by atoms with Crippen molar-refractivity contribution in [3.63, 3.8) is 0 Å². The Morgan fingerprint density at radius 2 is 2.00 bits per heavy atom. The summed E-state index contributed by atoms with van der Waals surface area (Å²) in [7, 11) is 1.15. The summed E-state index contributed by atoms with van der Waals surface area (Å²) >= 11 is 0. The van der Waals surface area contributed by atoms with E-state index in [9.17, 15) is 18.4 Å². The van der Waals surface area contributed by atoms with Crippen molar-refractivity contribution in [3.8, 4) is 5.75 Å². The van der Waals surface area contributed by atoms with Crippen molar-refractivity contribution in [2.24, 2.45) is 5.41 Å². The zero-order valence-electron chi connectivity index (χ0n) is 14.5. The van der Waals surface area contributed by atoms with Crippen molar-refractivity contribution < 1.29 is 23.1 Å². The van der Waals surface area contributed by atoms with E-state index in [1.54, 1.807) is 0 Å². The number of rotatable bonds is 4. The summed E-state index contributed by atoms with van der Waals surface area (Å²) in [5, 5.41) is 0. The summed E-state index contributed by atoms with van der Waals surface area (Å²) in [6, 6.07) is 2.14. The molecule has 0 N–H and O–H groups in total. The Labute approximate surface area is 145 Å². The lowest BCUT2D eigenvalue weighted by atomic mass is 9.85. The van der Waals surface area contributed by atoms with Crippen LogP contribution in [0.25, 0.3) is 0 Å². The first kappa shape index (κ1) is 17.6. The molecule has 2 heterocycles. The number of methoxy groups -OCH3 is 1. The zero-order chi connectivity index (χ0) is 18.2.